The van der Waals surface area contributed by atoms with Crippen molar-refractivity contribution < 1.29 is 23.1 Å². The Bertz CT molecular complexity index is 573. The van der Waals surface area contributed by atoms with Crippen LogP contribution in [0.25, 0.3) is 0 Å². The van der Waals surface area contributed by atoms with Crippen LogP contribution >= 0.6 is 0 Å². The molecule has 108 valence electrons. The Kier molecular flexibility index (Phi) is 4.78. The van der Waals surface area contributed by atoms with E-state index in [9.17, 15) is 18.0 Å². The number of rotatable bonds is 4. The quantitative estimate of drug-likeness (QED) is 0.680. The van der Waals surface area contributed by atoms with Gasteiger partial charge in [0.2, 0.25) is 0 Å². The van der Waals surface area contributed by atoms with Gasteiger partial charge in [0.05, 0.1) is 5.56 Å². The van der Waals surface area contributed by atoms with Crippen LogP contribution in [0.1, 0.15) is 23.0 Å². The van der Waals surface area contributed by atoms with Crippen molar-refractivity contribution in [1.29, 1.82) is 0 Å². The molecule has 0 aromatic carbocycles. The topological polar surface area (TPSA) is 79.8 Å². The van der Waals surface area contributed by atoms with Gasteiger partial charge in [-0.15, -0.1) is 0 Å². The van der Waals surface area contributed by atoms with Crippen LogP contribution in [0.3, 0.4) is 0 Å². The molecule has 1 N–H and O–H groups in total. The first-order valence-electron chi connectivity index (χ1n) is 5.32. The van der Waals surface area contributed by atoms with Crippen molar-refractivity contribution in [3.8, 4) is 0 Å². The Labute approximate surface area is 112 Å². The van der Waals surface area contributed by atoms with Crippen LogP contribution in [0, 0.1) is 0 Å². The van der Waals surface area contributed by atoms with Crippen molar-refractivity contribution in [2.45, 2.75) is 19.6 Å². The van der Waals surface area contributed by atoms with Gasteiger partial charge in [-0.1, -0.05) is 6.08 Å². The molecule has 0 saturated heterocycles. The number of allylic oxidation sites excluding steroid dienone is 1. The Morgan fingerprint density at radius 1 is 1.60 bits per heavy atom. The van der Waals surface area contributed by atoms with Gasteiger partial charge in [-0.05, 0) is 13.6 Å². The molecule has 0 aliphatic rings. The summed E-state index contributed by atoms with van der Waals surface area (Å²) in [6.07, 6.45) is -0.724. The highest BCUT2D eigenvalue weighted by Gasteiger charge is 2.30. The third-order valence-electron chi connectivity index (χ3n) is 2.04. The molecule has 0 bridgehead atoms. The lowest BCUT2D eigenvalue weighted by Gasteiger charge is -2.04. The van der Waals surface area contributed by atoms with E-state index in [1.165, 1.54) is 6.20 Å². The van der Waals surface area contributed by atoms with E-state index in [1.54, 1.807) is 13.0 Å². The maximum atomic E-state index is 12.3. The zero-order chi connectivity index (χ0) is 15.3. The SMILES string of the molecule is C=NC(=N/C=C\C)c1cn(CC(F)(F)F)nc1C(=O)O. The molecule has 0 unspecified atom stereocenters. The maximum absolute atomic E-state index is 12.3. The molecule has 0 spiro atoms. The Morgan fingerprint density at radius 3 is 2.70 bits per heavy atom. The zero-order valence-corrected chi connectivity index (χ0v) is 10.4. The summed E-state index contributed by atoms with van der Waals surface area (Å²) in [7, 11) is 0. The third kappa shape index (κ3) is 4.04. The van der Waals surface area contributed by atoms with Gasteiger partial charge in [0.1, 0.15) is 6.54 Å². The summed E-state index contributed by atoms with van der Waals surface area (Å²) in [5.41, 5.74) is -0.695. The van der Waals surface area contributed by atoms with E-state index in [-0.39, 0.29) is 11.4 Å². The lowest BCUT2D eigenvalue weighted by atomic mass is 10.2. The van der Waals surface area contributed by atoms with E-state index in [4.69, 9.17) is 5.11 Å². The second-order valence-corrected chi connectivity index (χ2v) is 3.60. The molecular weight excluding hydrogens is 277 g/mol. The predicted octanol–water partition coefficient (Wildman–Crippen LogP) is 2.12. The predicted molar refractivity (Wildman–Crippen MR) is 66.1 cm³/mol. The molecule has 0 atom stereocenters. The molecule has 0 radical (unpaired) electrons. The number of nitrogens with zero attached hydrogens (tertiary/aromatic N) is 4. The summed E-state index contributed by atoms with van der Waals surface area (Å²) in [4.78, 5) is 18.3. The standard InChI is InChI=1S/C11H11F3N4O2/c1-3-4-16-9(15-2)7-5-18(6-11(12,13)14)17-8(7)10(19)20/h3-5H,2,6H2,1H3,(H,19,20)/b4-3-,16-9?. The number of hydrogen-bond donors (Lipinski definition) is 1. The summed E-state index contributed by atoms with van der Waals surface area (Å²) in [6, 6.07) is 0. The summed E-state index contributed by atoms with van der Waals surface area (Å²) in [5.74, 6) is -1.59. The maximum Gasteiger partial charge on any atom is 0.408 e. The lowest BCUT2D eigenvalue weighted by Crippen LogP contribution is -2.18. The minimum absolute atomic E-state index is 0.117. The molecule has 0 amide bonds. The first kappa shape index (κ1) is 15.6. The van der Waals surface area contributed by atoms with Crippen LogP contribution < -0.4 is 0 Å². The number of aromatic carboxylic acids is 1. The van der Waals surface area contributed by atoms with Gasteiger partial charge in [0.25, 0.3) is 0 Å². The van der Waals surface area contributed by atoms with E-state index in [2.05, 4.69) is 21.8 Å². The first-order valence-corrected chi connectivity index (χ1v) is 5.32. The van der Waals surface area contributed by atoms with E-state index in [0.717, 1.165) is 6.20 Å². The van der Waals surface area contributed by atoms with E-state index in [1.807, 2.05) is 0 Å². The fourth-order valence-corrected chi connectivity index (χ4v) is 1.35. The number of carbonyl (C=O) groups is 1. The highest BCUT2D eigenvalue weighted by Crippen LogP contribution is 2.19. The molecule has 1 heterocycles. The largest absolute Gasteiger partial charge is 0.476 e. The molecular formula is C11H11F3N4O2. The fraction of sp³-hybridized carbons (Fsp3) is 0.273. The van der Waals surface area contributed by atoms with Crippen molar-refractivity contribution in [1.82, 2.24) is 9.78 Å². The van der Waals surface area contributed by atoms with Crippen LogP contribution in [0.15, 0.2) is 28.5 Å². The molecule has 6 nitrogen and oxygen atoms in total. The van der Waals surface area contributed by atoms with Crippen LogP contribution in [0.5, 0.6) is 0 Å². The number of alkyl halides is 3. The molecule has 1 rings (SSSR count). The highest BCUT2D eigenvalue weighted by atomic mass is 19.4. The average molecular weight is 288 g/mol. The van der Waals surface area contributed by atoms with Gasteiger partial charge in [-0.25, -0.2) is 14.8 Å². The molecule has 0 aliphatic carbocycles. The highest BCUT2D eigenvalue weighted by molar-refractivity contribution is 6.08. The average Bonchev–Trinajstić information content (AvgIpc) is 2.71. The fourth-order valence-electron chi connectivity index (χ4n) is 1.35. The van der Waals surface area contributed by atoms with Crippen LogP contribution in [-0.2, 0) is 6.54 Å². The molecule has 0 aliphatic heterocycles. The van der Waals surface area contributed by atoms with Gasteiger partial charge >= 0.3 is 12.1 Å². The van der Waals surface area contributed by atoms with Crippen LogP contribution in [0.4, 0.5) is 13.2 Å². The molecule has 1 aromatic rings. The van der Waals surface area contributed by atoms with Gasteiger partial charge in [0.15, 0.2) is 11.5 Å². The van der Waals surface area contributed by atoms with Crippen molar-refractivity contribution in [2.75, 3.05) is 0 Å². The van der Waals surface area contributed by atoms with Crippen molar-refractivity contribution in [2.24, 2.45) is 9.98 Å². The number of aliphatic imine (C=N–C) groups is 2. The smallest absolute Gasteiger partial charge is 0.408 e. The second kappa shape index (κ2) is 6.13. The number of amidine groups is 1. The Balaban J connectivity index is 3.30. The zero-order valence-electron chi connectivity index (χ0n) is 10.4. The summed E-state index contributed by atoms with van der Waals surface area (Å²) in [5, 5.41) is 12.3. The van der Waals surface area contributed by atoms with E-state index >= 15 is 0 Å². The Hall–Kier alpha value is -2.45. The van der Waals surface area contributed by atoms with Crippen molar-refractivity contribution in [3.05, 3.63) is 29.7 Å². The number of halogens is 3. The number of aromatic nitrogens is 2. The Morgan fingerprint density at radius 2 is 2.25 bits per heavy atom. The summed E-state index contributed by atoms with van der Waals surface area (Å²) in [6.45, 7) is 3.47. The van der Waals surface area contributed by atoms with Gasteiger partial charge < -0.3 is 5.11 Å². The minimum atomic E-state index is -4.51. The van der Waals surface area contributed by atoms with Crippen LogP contribution in [-0.4, -0.2) is 39.6 Å². The normalized spacial score (nSPS) is 12.9. The first-order chi connectivity index (χ1) is 9.28. The molecule has 0 fully saturated rings. The molecule has 9 heteroatoms. The summed E-state index contributed by atoms with van der Waals surface area (Å²) >= 11 is 0. The molecule has 1 aromatic heterocycles. The van der Waals surface area contributed by atoms with Crippen molar-refractivity contribution in [3.63, 3.8) is 0 Å². The van der Waals surface area contributed by atoms with Gasteiger partial charge in [-0.2, -0.15) is 18.3 Å². The van der Waals surface area contributed by atoms with Gasteiger partial charge in [0, 0.05) is 12.4 Å². The number of carboxylic acids is 1. The van der Waals surface area contributed by atoms with Crippen molar-refractivity contribution >= 4 is 18.5 Å². The van der Waals surface area contributed by atoms with E-state index < -0.39 is 24.4 Å². The van der Waals surface area contributed by atoms with Crippen LogP contribution in [0.2, 0.25) is 0 Å². The number of hydrogen-bond acceptors (Lipinski definition) is 3. The molecule has 20 heavy (non-hydrogen) atoms. The lowest BCUT2D eigenvalue weighted by molar-refractivity contribution is -0.142. The summed E-state index contributed by atoms with van der Waals surface area (Å²) < 4.78 is 37.3. The number of carboxylic acid groups (broad SMARTS) is 1. The third-order valence-corrected chi connectivity index (χ3v) is 2.04. The molecule has 0 saturated carbocycles. The minimum Gasteiger partial charge on any atom is -0.476 e. The monoisotopic (exact) mass is 288 g/mol. The van der Waals surface area contributed by atoms with Gasteiger partial charge in [-0.3, -0.25) is 4.68 Å². The second-order valence-electron chi connectivity index (χ2n) is 3.60. The van der Waals surface area contributed by atoms with E-state index in [0.29, 0.717) is 4.68 Å².